The minimum atomic E-state index is -1.57. The number of halogens is 1. The third kappa shape index (κ3) is 3.85. The molecule has 0 saturated heterocycles. The van der Waals surface area contributed by atoms with Gasteiger partial charge in [0.1, 0.15) is 9.88 Å². The highest BCUT2D eigenvalue weighted by Crippen LogP contribution is 2.29. The normalized spacial score (nSPS) is 10.6. The van der Waals surface area contributed by atoms with E-state index in [2.05, 4.69) is 10.3 Å². The Labute approximate surface area is 140 Å². The first-order valence-electron chi connectivity index (χ1n) is 6.42. The number of thiazole rings is 1. The first-order chi connectivity index (χ1) is 10.8. The molecule has 9 heteroatoms. The summed E-state index contributed by atoms with van der Waals surface area (Å²) >= 11 is 7.05. The third-order valence-electron chi connectivity index (χ3n) is 2.92. The number of benzene rings is 1. The van der Waals surface area contributed by atoms with E-state index in [0.717, 1.165) is 16.9 Å². The smallest absolute Gasteiger partial charge is 0.264 e. The number of carbonyl (C=O) groups is 3. The topological polar surface area (TPSA) is 128 Å². The van der Waals surface area contributed by atoms with Crippen molar-refractivity contribution >= 4 is 40.7 Å². The Balaban J connectivity index is 2.29. The van der Waals surface area contributed by atoms with Crippen LogP contribution in [0, 0.1) is 6.92 Å². The van der Waals surface area contributed by atoms with Gasteiger partial charge in [-0.3, -0.25) is 14.4 Å². The minimum absolute atomic E-state index is 0.257. The SMILES string of the molecule is Cc1nc(-c2cccc(Cl)c2)sc1C(=O)NC(C(N)=O)C(N)=O. The number of rotatable bonds is 5. The molecule has 5 N–H and O–H groups in total. The van der Waals surface area contributed by atoms with Gasteiger partial charge in [0, 0.05) is 10.6 Å². The summed E-state index contributed by atoms with van der Waals surface area (Å²) in [6.07, 6.45) is 0. The maximum Gasteiger partial charge on any atom is 0.264 e. The third-order valence-corrected chi connectivity index (χ3v) is 4.36. The van der Waals surface area contributed by atoms with E-state index < -0.39 is 23.8 Å². The van der Waals surface area contributed by atoms with E-state index in [1.807, 2.05) is 6.07 Å². The number of nitrogens with zero attached hydrogens (tertiary/aromatic N) is 1. The molecule has 0 bridgehead atoms. The molecule has 0 aliphatic carbocycles. The Kier molecular flexibility index (Phi) is 4.97. The van der Waals surface area contributed by atoms with Crippen molar-refractivity contribution in [3.63, 3.8) is 0 Å². The molecule has 0 spiro atoms. The Bertz CT molecular complexity index is 776. The average molecular weight is 353 g/mol. The molecule has 3 amide bonds. The number of nitrogens with two attached hydrogens (primary N) is 2. The summed E-state index contributed by atoms with van der Waals surface area (Å²) in [4.78, 5) is 39.1. The van der Waals surface area contributed by atoms with Gasteiger partial charge in [-0.15, -0.1) is 11.3 Å². The van der Waals surface area contributed by atoms with Crippen LogP contribution in [-0.2, 0) is 9.59 Å². The summed E-state index contributed by atoms with van der Waals surface area (Å²) in [5, 5.41) is 3.34. The minimum Gasteiger partial charge on any atom is -0.367 e. The number of amides is 3. The van der Waals surface area contributed by atoms with Crippen LogP contribution in [0.1, 0.15) is 15.4 Å². The second-order valence-electron chi connectivity index (χ2n) is 4.66. The van der Waals surface area contributed by atoms with Gasteiger partial charge in [-0.25, -0.2) is 4.98 Å². The summed E-state index contributed by atoms with van der Waals surface area (Å²) in [5.41, 5.74) is 11.3. The highest BCUT2D eigenvalue weighted by molar-refractivity contribution is 7.17. The van der Waals surface area contributed by atoms with Gasteiger partial charge in [-0.05, 0) is 19.1 Å². The monoisotopic (exact) mass is 352 g/mol. The molecule has 0 fully saturated rings. The van der Waals surface area contributed by atoms with E-state index in [1.165, 1.54) is 0 Å². The molecule has 0 saturated carbocycles. The van der Waals surface area contributed by atoms with Crippen molar-refractivity contribution in [2.45, 2.75) is 13.0 Å². The molecular formula is C14H13ClN4O3S. The zero-order chi connectivity index (χ0) is 17.1. The van der Waals surface area contributed by atoms with Gasteiger partial charge in [0.2, 0.25) is 11.8 Å². The van der Waals surface area contributed by atoms with Gasteiger partial charge >= 0.3 is 0 Å². The number of carbonyl (C=O) groups excluding carboxylic acids is 3. The fraction of sp³-hybridized carbons (Fsp3) is 0.143. The zero-order valence-corrected chi connectivity index (χ0v) is 13.6. The summed E-state index contributed by atoms with van der Waals surface area (Å²) in [6.45, 7) is 1.64. The fourth-order valence-corrected chi connectivity index (χ4v) is 2.99. The van der Waals surface area contributed by atoms with Crippen molar-refractivity contribution in [1.29, 1.82) is 0 Å². The van der Waals surface area contributed by atoms with Gasteiger partial charge in [0.25, 0.3) is 5.91 Å². The second-order valence-corrected chi connectivity index (χ2v) is 6.09. The molecule has 23 heavy (non-hydrogen) atoms. The van der Waals surface area contributed by atoms with Gasteiger partial charge in [0.15, 0.2) is 6.04 Å². The van der Waals surface area contributed by atoms with Crippen LogP contribution in [0.5, 0.6) is 0 Å². The van der Waals surface area contributed by atoms with Crippen molar-refractivity contribution < 1.29 is 14.4 Å². The van der Waals surface area contributed by atoms with Crippen LogP contribution in [0.3, 0.4) is 0 Å². The number of primary amides is 2. The van der Waals surface area contributed by atoms with Crippen LogP contribution in [0.4, 0.5) is 0 Å². The highest BCUT2D eigenvalue weighted by atomic mass is 35.5. The van der Waals surface area contributed by atoms with Crippen molar-refractivity contribution in [3.05, 3.63) is 39.9 Å². The van der Waals surface area contributed by atoms with E-state index in [1.54, 1.807) is 25.1 Å². The lowest BCUT2D eigenvalue weighted by atomic mass is 10.2. The molecule has 7 nitrogen and oxygen atoms in total. The van der Waals surface area contributed by atoms with E-state index in [4.69, 9.17) is 23.1 Å². The van der Waals surface area contributed by atoms with Gasteiger partial charge in [-0.1, -0.05) is 23.7 Å². The second kappa shape index (κ2) is 6.76. The van der Waals surface area contributed by atoms with E-state index >= 15 is 0 Å². The molecule has 1 heterocycles. The number of hydrogen-bond acceptors (Lipinski definition) is 5. The molecule has 2 aromatic rings. The first kappa shape index (κ1) is 16.9. The molecule has 0 atom stereocenters. The predicted octanol–water partition coefficient (Wildman–Crippen LogP) is 0.841. The van der Waals surface area contributed by atoms with Crippen molar-refractivity contribution in [2.24, 2.45) is 11.5 Å². The predicted molar refractivity (Wildman–Crippen MR) is 86.9 cm³/mol. The van der Waals surface area contributed by atoms with Crippen LogP contribution < -0.4 is 16.8 Å². The van der Waals surface area contributed by atoms with Crippen LogP contribution in [0.25, 0.3) is 10.6 Å². The average Bonchev–Trinajstić information content (AvgIpc) is 2.86. The largest absolute Gasteiger partial charge is 0.367 e. The first-order valence-corrected chi connectivity index (χ1v) is 7.62. The van der Waals surface area contributed by atoms with Crippen molar-refractivity contribution in [3.8, 4) is 10.6 Å². The molecule has 0 radical (unpaired) electrons. The maximum atomic E-state index is 12.2. The standard InChI is InChI=1S/C14H13ClN4O3S/c1-6-10(13(22)19-9(11(16)20)12(17)21)23-14(18-6)7-3-2-4-8(15)5-7/h2-5,9H,1H3,(H2,16,20)(H2,17,21)(H,19,22). The fourth-order valence-electron chi connectivity index (χ4n) is 1.83. The van der Waals surface area contributed by atoms with E-state index in [0.29, 0.717) is 15.7 Å². The molecule has 0 unspecified atom stereocenters. The summed E-state index contributed by atoms with van der Waals surface area (Å²) < 4.78 is 0. The summed E-state index contributed by atoms with van der Waals surface area (Å²) in [5.74, 6) is -2.69. The molecule has 1 aromatic heterocycles. The highest BCUT2D eigenvalue weighted by Gasteiger charge is 2.26. The number of nitrogens with one attached hydrogen (secondary N) is 1. The van der Waals surface area contributed by atoms with Crippen molar-refractivity contribution in [1.82, 2.24) is 10.3 Å². The van der Waals surface area contributed by atoms with Gasteiger partial charge in [-0.2, -0.15) is 0 Å². The Morgan fingerprint density at radius 2 is 1.91 bits per heavy atom. The molecule has 0 aliphatic heterocycles. The van der Waals surface area contributed by atoms with Crippen LogP contribution in [0.2, 0.25) is 5.02 Å². The Hall–Kier alpha value is -2.45. The summed E-state index contributed by atoms with van der Waals surface area (Å²) in [7, 11) is 0. The molecule has 2 rings (SSSR count). The van der Waals surface area contributed by atoms with Gasteiger partial charge in [0.05, 0.1) is 5.69 Å². The molecular weight excluding hydrogens is 340 g/mol. The lowest BCUT2D eigenvalue weighted by molar-refractivity contribution is -0.128. The zero-order valence-electron chi connectivity index (χ0n) is 12.0. The summed E-state index contributed by atoms with van der Waals surface area (Å²) in [6, 6.07) is 5.45. The number of aromatic nitrogens is 1. The lowest BCUT2D eigenvalue weighted by Gasteiger charge is -2.10. The lowest BCUT2D eigenvalue weighted by Crippen LogP contribution is -2.52. The Morgan fingerprint density at radius 1 is 1.26 bits per heavy atom. The van der Waals surface area contributed by atoms with Gasteiger partial charge < -0.3 is 16.8 Å². The number of hydrogen-bond donors (Lipinski definition) is 3. The molecule has 120 valence electrons. The Morgan fingerprint density at radius 3 is 2.48 bits per heavy atom. The molecule has 1 aromatic carbocycles. The molecule has 0 aliphatic rings. The van der Waals surface area contributed by atoms with Crippen molar-refractivity contribution in [2.75, 3.05) is 0 Å². The van der Waals surface area contributed by atoms with E-state index in [-0.39, 0.29) is 4.88 Å². The van der Waals surface area contributed by atoms with Crippen LogP contribution in [0.15, 0.2) is 24.3 Å². The van der Waals surface area contributed by atoms with E-state index in [9.17, 15) is 14.4 Å². The van der Waals surface area contributed by atoms with Crippen LogP contribution in [-0.4, -0.2) is 28.7 Å². The maximum absolute atomic E-state index is 12.2. The van der Waals surface area contributed by atoms with Crippen LogP contribution >= 0.6 is 22.9 Å². The quantitative estimate of drug-likeness (QED) is 0.688. The number of aryl methyl sites for hydroxylation is 1.